The van der Waals surface area contributed by atoms with Crippen LogP contribution in [-0.4, -0.2) is 44.9 Å². The lowest BCUT2D eigenvalue weighted by molar-refractivity contribution is -0.187. The summed E-state index contributed by atoms with van der Waals surface area (Å²) in [6, 6.07) is -1.09. The Bertz CT molecular complexity index is 308. The highest BCUT2D eigenvalue weighted by Crippen LogP contribution is 2.36. The van der Waals surface area contributed by atoms with Crippen molar-refractivity contribution in [3.63, 3.8) is 0 Å². The minimum atomic E-state index is -4.57. The Balaban J connectivity index is 4.19. The van der Waals surface area contributed by atoms with Crippen molar-refractivity contribution >= 4 is 13.3 Å². The van der Waals surface area contributed by atoms with E-state index in [0.29, 0.717) is 0 Å². The number of methoxy groups -OCH3 is 1. The van der Waals surface area contributed by atoms with Crippen LogP contribution in [0.2, 0.25) is 0 Å². The van der Waals surface area contributed by atoms with E-state index in [4.69, 9.17) is 0 Å². The van der Waals surface area contributed by atoms with E-state index in [-0.39, 0.29) is 6.35 Å². The van der Waals surface area contributed by atoms with Gasteiger partial charge in [-0.05, 0) is 6.92 Å². The van der Waals surface area contributed by atoms with Crippen LogP contribution < -0.4 is 5.09 Å². The summed E-state index contributed by atoms with van der Waals surface area (Å²) in [4.78, 5) is 11.1. The molecule has 2 atom stereocenters. The first-order valence-electron chi connectivity index (χ1n) is 4.64. The van der Waals surface area contributed by atoms with Gasteiger partial charge in [-0.25, -0.2) is 0 Å². The van der Waals surface area contributed by atoms with Gasteiger partial charge in [0.25, 0.3) is 0 Å². The number of hydrogen-bond acceptors (Lipinski definition) is 4. The molecule has 0 heterocycles. The molecule has 0 rings (SSSR count). The van der Waals surface area contributed by atoms with Gasteiger partial charge in [-0.1, -0.05) is 0 Å². The SMILES string of the molecule is COCP(C)(=O)NC(C)C(=O)OCC(F)(F)F. The molecule has 0 spiro atoms. The van der Waals surface area contributed by atoms with E-state index in [0.717, 1.165) is 0 Å². The molecule has 0 aliphatic carbocycles. The van der Waals surface area contributed by atoms with Crippen molar-refractivity contribution in [2.45, 2.75) is 19.1 Å². The normalized spacial score (nSPS) is 17.3. The summed E-state index contributed by atoms with van der Waals surface area (Å²) >= 11 is 0. The lowest BCUT2D eigenvalue weighted by Crippen LogP contribution is -2.35. The van der Waals surface area contributed by atoms with Crippen LogP contribution in [0.15, 0.2) is 0 Å². The summed E-state index contributed by atoms with van der Waals surface area (Å²) in [6.45, 7) is 0.935. The molecule has 0 amide bonds. The van der Waals surface area contributed by atoms with Gasteiger partial charge in [-0.3, -0.25) is 9.88 Å². The molecule has 102 valence electrons. The minimum absolute atomic E-state index is 0.121. The highest BCUT2D eigenvalue weighted by Gasteiger charge is 2.31. The fourth-order valence-electron chi connectivity index (χ4n) is 1.02. The largest absolute Gasteiger partial charge is 0.455 e. The van der Waals surface area contributed by atoms with Gasteiger partial charge >= 0.3 is 12.1 Å². The molecule has 0 fully saturated rings. The average Bonchev–Trinajstić information content (AvgIpc) is 2.11. The number of alkyl halides is 3. The molecule has 0 aromatic carbocycles. The van der Waals surface area contributed by atoms with Crippen molar-refractivity contribution in [2.75, 3.05) is 26.7 Å². The molecule has 0 saturated heterocycles. The number of nitrogens with one attached hydrogen (secondary N) is 1. The standard InChI is InChI=1S/C8H15F3NO4P/c1-6(12-17(3,14)5-15-2)7(13)16-4-8(9,10)11/h6H,4-5H2,1-3H3,(H,12,14). The van der Waals surface area contributed by atoms with Crippen LogP contribution in [0, 0.1) is 0 Å². The molecule has 17 heavy (non-hydrogen) atoms. The molecular formula is C8H15F3NO4P. The molecule has 0 aliphatic heterocycles. The summed E-state index contributed by atoms with van der Waals surface area (Å²) in [5.41, 5.74) is 0. The van der Waals surface area contributed by atoms with Crippen LogP contribution in [0.4, 0.5) is 13.2 Å². The fraction of sp³-hybridized carbons (Fsp3) is 0.875. The monoisotopic (exact) mass is 277 g/mol. The molecule has 0 saturated carbocycles. The molecule has 9 heteroatoms. The Morgan fingerprint density at radius 1 is 1.47 bits per heavy atom. The second-order valence-corrected chi connectivity index (χ2v) is 6.31. The third kappa shape index (κ3) is 8.18. The zero-order valence-corrected chi connectivity index (χ0v) is 10.6. The summed E-state index contributed by atoms with van der Waals surface area (Å²) in [5, 5.41) is 2.38. The first-order chi connectivity index (χ1) is 7.57. The van der Waals surface area contributed by atoms with Crippen LogP contribution in [0.5, 0.6) is 0 Å². The Labute approximate surface area is 97.1 Å². The molecule has 0 aromatic heterocycles. The predicted octanol–water partition coefficient (Wildman–Crippen LogP) is 1.58. The summed E-state index contributed by atoms with van der Waals surface area (Å²) < 4.78 is 55.6. The number of halogens is 3. The second-order valence-electron chi connectivity index (χ2n) is 3.59. The van der Waals surface area contributed by atoms with E-state index in [2.05, 4.69) is 14.6 Å². The number of hydrogen-bond donors (Lipinski definition) is 1. The number of esters is 1. The van der Waals surface area contributed by atoms with E-state index >= 15 is 0 Å². The van der Waals surface area contributed by atoms with Crippen LogP contribution in [0.25, 0.3) is 0 Å². The molecule has 0 aliphatic rings. The first kappa shape index (κ1) is 16.4. The third-order valence-corrected chi connectivity index (χ3v) is 3.26. The summed E-state index contributed by atoms with van der Waals surface area (Å²) in [6.07, 6.45) is -4.69. The van der Waals surface area contributed by atoms with E-state index in [9.17, 15) is 22.5 Å². The molecule has 0 aromatic rings. The van der Waals surface area contributed by atoms with Gasteiger partial charge in [0.15, 0.2) is 13.9 Å². The van der Waals surface area contributed by atoms with E-state index in [1.54, 1.807) is 0 Å². The third-order valence-electron chi connectivity index (χ3n) is 1.57. The van der Waals surface area contributed by atoms with E-state index in [1.807, 2.05) is 0 Å². The van der Waals surface area contributed by atoms with Gasteiger partial charge in [-0.2, -0.15) is 13.2 Å². The lowest BCUT2D eigenvalue weighted by Gasteiger charge is -2.19. The topological polar surface area (TPSA) is 64.6 Å². The Morgan fingerprint density at radius 3 is 2.41 bits per heavy atom. The maximum atomic E-state index is 11.8. The zero-order chi connectivity index (χ0) is 13.7. The van der Waals surface area contributed by atoms with Gasteiger partial charge in [-0.15, -0.1) is 0 Å². The molecule has 1 N–H and O–H groups in total. The van der Waals surface area contributed by atoms with Crippen molar-refractivity contribution < 1.29 is 32.0 Å². The summed E-state index contributed by atoms with van der Waals surface area (Å²) in [5.74, 6) is -1.11. The highest BCUT2D eigenvalue weighted by molar-refractivity contribution is 7.60. The zero-order valence-electron chi connectivity index (χ0n) is 9.71. The van der Waals surface area contributed by atoms with Crippen molar-refractivity contribution in [2.24, 2.45) is 0 Å². The number of carbonyl (C=O) groups is 1. The molecule has 2 unspecified atom stereocenters. The van der Waals surface area contributed by atoms with Crippen LogP contribution in [0.3, 0.4) is 0 Å². The van der Waals surface area contributed by atoms with E-state index < -0.39 is 32.1 Å². The van der Waals surface area contributed by atoms with Gasteiger partial charge in [0.05, 0.1) is 0 Å². The van der Waals surface area contributed by atoms with Gasteiger partial charge in [0, 0.05) is 13.8 Å². The number of rotatable bonds is 6. The van der Waals surface area contributed by atoms with Crippen LogP contribution >= 0.6 is 7.29 Å². The van der Waals surface area contributed by atoms with Crippen molar-refractivity contribution in [3.05, 3.63) is 0 Å². The lowest BCUT2D eigenvalue weighted by atomic mass is 10.4. The Hall–Kier alpha value is -0.590. The van der Waals surface area contributed by atoms with Gasteiger partial charge in [0.2, 0.25) is 0 Å². The first-order valence-corrected chi connectivity index (χ1v) is 6.98. The van der Waals surface area contributed by atoms with Crippen LogP contribution in [-0.2, 0) is 18.8 Å². The van der Waals surface area contributed by atoms with Crippen molar-refractivity contribution in [3.8, 4) is 0 Å². The molecule has 5 nitrogen and oxygen atoms in total. The average molecular weight is 277 g/mol. The minimum Gasteiger partial charge on any atom is -0.455 e. The molecular weight excluding hydrogens is 262 g/mol. The maximum Gasteiger partial charge on any atom is 0.422 e. The highest BCUT2D eigenvalue weighted by atomic mass is 31.2. The van der Waals surface area contributed by atoms with Crippen LogP contribution in [0.1, 0.15) is 6.92 Å². The number of carbonyl (C=O) groups excluding carboxylic acids is 1. The van der Waals surface area contributed by atoms with Gasteiger partial charge in [0.1, 0.15) is 12.4 Å². The Kier molecular flexibility index (Phi) is 6.15. The smallest absolute Gasteiger partial charge is 0.422 e. The van der Waals surface area contributed by atoms with Crippen molar-refractivity contribution in [1.29, 1.82) is 0 Å². The summed E-state index contributed by atoms with van der Waals surface area (Å²) in [7, 11) is -1.60. The second kappa shape index (κ2) is 6.37. The number of ether oxygens (including phenoxy) is 2. The predicted molar refractivity (Wildman–Crippen MR) is 55.0 cm³/mol. The quantitative estimate of drug-likeness (QED) is 0.590. The fourth-order valence-corrected chi connectivity index (χ4v) is 2.52. The van der Waals surface area contributed by atoms with Crippen molar-refractivity contribution in [1.82, 2.24) is 5.09 Å². The van der Waals surface area contributed by atoms with E-state index in [1.165, 1.54) is 20.7 Å². The molecule has 0 radical (unpaired) electrons. The van der Waals surface area contributed by atoms with Gasteiger partial charge < -0.3 is 14.0 Å². The Morgan fingerprint density at radius 2 is 2.00 bits per heavy atom. The molecule has 0 bridgehead atoms. The maximum absolute atomic E-state index is 11.8.